The van der Waals surface area contributed by atoms with E-state index in [1.165, 1.54) is 31.5 Å². The van der Waals surface area contributed by atoms with E-state index in [2.05, 4.69) is 42.0 Å². The third-order valence-electron chi connectivity index (χ3n) is 4.45. The van der Waals surface area contributed by atoms with Gasteiger partial charge in [0.05, 0.1) is 13.2 Å². The van der Waals surface area contributed by atoms with Gasteiger partial charge in [-0.15, -0.1) is 0 Å². The number of hydrogen-bond donors (Lipinski definition) is 0. The van der Waals surface area contributed by atoms with Crippen molar-refractivity contribution in [2.45, 2.75) is 32.7 Å². The Hall–Kier alpha value is -1.13. The topological polar surface area (TPSA) is 28.6 Å². The van der Waals surface area contributed by atoms with Crippen molar-refractivity contribution in [3.63, 3.8) is 0 Å². The number of nitrogens with zero attached hydrogens (tertiary/aromatic N) is 3. The Morgan fingerprint density at radius 1 is 1.24 bits per heavy atom. The van der Waals surface area contributed by atoms with E-state index in [0.717, 1.165) is 38.0 Å². The zero-order chi connectivity index (χ0) is 14.7. The molecule has 4 nitrogen and oxygen atoms in total. The van der Waals surface area contributed by atoms with Crippen LogP contribution in [0.3, 0.4) is 0 Å². The van der Waals surface area contributed by atoms with Gasteiger partial charge in [0.25, 0.3) is 0 Å². The minimum Gasteiger partial charge on any atom is -0.378 e. The van der Waals surface area contributed by atoms with Crippen molar-refractivity contribution in [1.82, 2.24) is 9.88 Å². The molecule has 3 rings (SSSR count). The van der Waals surface area contributed by atoms with Gasteiger partial charge in [-0.2, -0.15) is 0 Å². The van der Waals surface area contributed by atoms with Crippen molar-refractivity contribution in [1.29, 1.82) is 0 Å². The molecule has 0 saturated carbocycles. The molecule has 2 saturated heterocycles. The van der Waals surface area contributed by atoms with Gasteiger partial charge in [0.1, 0.15) is 5.82 Å². The lowest BCUT2D eigenvalue weighted by Crippen LogP contribution is -2.36. The van der Waals surface area contributed by atoms with E-state index < -0.39 is 0 Å². The highest BCUT2D eigenvalue weighted by Gasteiger charge is 2.26. The molecule has 2 aliphatic heterocycles. The van der Waals surface area contributed by atoms with Crippen molar-refractivity contribution in [3.8, 4) is 0 Å². The maximum atomic E-state index is 5.40. The molecule has 1 atom stereocenters. The Balaban J connectivity index is 1.68. The smallest absolute Gasteiger partial charge is 0.128 e. The SMILES string of the molecule is CC(C)CN1CCC[C@@H]1c1ccc(N2CCOCC2)nc1. The summed E-state index contributed by atoms with van der Waals surface area (Å²) in [6.45, 7) is 10.6. The predicted octanol–water partition coefficient (Wildman–Crippen LogP) is 2.71. The van der Waals surface area contributed by atoms with Gasteiger partial charge in [-0.1, -0.05) is 19.9 Å². The molecule has 1 aromatic rings. The quantitative estimate of drug-likeness (QED) is 0.852. The molecule has 21 heavy (non-hydrogen) atoms. The van der Waals surface area contributed by atoms with Crippen LogP contribution < -0.4 is 4.90 Å². The van der Waals surface area contributed by atoms with Gasteiger partial charge in [0.15, 0.2) is 0 Å². The van der Waals surface area contributed by atoms with Crippen LogP contribution >= 0.6 is 0 Å². The van der Waals surface area contributed by atoms with Gasteiger partial charge in [-0.25, -0.2) is 4.98 Å². The minimum absolute atomic E-state index is 0.568. The van der Waals surface area contributed by atoms with E-state index >= 15 is 0 Å². The summed E-state index contributed by atoms with van der Waals surface area (Å²) in [6, 6.07) is 5.03. The molecule has 0 aromatic carbocycles. The van der Waals surface area contributed by atoms with E-state index in [1.807, 2.05) is 0 Å². The number of rotatable bonds is 4. The van der Waals surface area contributed by atoms with Crippen molar-refractivity contribution < 1.29 is 4.74 Å². The first-order valence-electron chi connectivity index (χ1n) is 8.27. The van der Waals surface area contributed by atoms with Crippen LogP contribution in [-0.2, 0) is 4.74 Å². The van der Waals surface area contributed by atoms with Crippen LogP contribution in [0.2, 0.25) is 0 Å². The van der Waals surface area contributed by atoms with Gasteiger partial charge in [-0.05, 0) is 36.9 Å². The van der Waals surface area contributed by atoms with E-state index in [9.17, 15) is 0 Å². The number of likely N-dealkylation sites (tertiary alicyclic amines) is 1. The average molecular weight is 289 g/mol. The van der Waals surface area contributed by atoms with Crippen LogP contribution in [-0.4, -0.2) is 49.3 Å². The van der Waals surface area contributed by atoms with Crippen LogP contribution in [0.25, 0.3) is 0 Å². The van der Waals surface area contributed by atoms with Crippen molar-refractivity contribution in [3.05, 3.63) is 23.9 Å². The zero-order valence-electron chi connectivity index (χ0n) is 13.3. The maximum Gasteiger partial charge on any atom is 0.128 e. The zero-order valence-corrected chi connectivity index (χ0v) is 13.3. The molecule has 0 unspecified atom stereocenters. The highest BCUT2D eigenvalue weighted by atomic mass is 16.5. The molecule has 4 heteroatoms. The van der Waals surface area contributed by atoms with Crippen molar-refractivity contribution in [2.24, 2.45) is 5.92 Å². The number of hydrogen-bond acceptors (Lipinski definition) is 4. The Bertz CT molecular complexity index is 440. The highest BCUT2D eigenvalue weighted by Crippen LogP contribution is 2.32. The molecule has 2 aliphatic rings. The summed E-state index contributed by atoms with van der Waals surface area (Å²) >= 11 is 0. The van der Waals surface area contributed by atoms with E-state index in [-0.39, 0.29) is 0 Å². The number of aromatic nitrogens is 1. The molecule has 116 valence electrons. The Morgan fingerprint density at radius 2 is 2.05 bits per heavy atom. The Morgan fingerprint density at radius 3 is 2.71 bits per heavy atom. The molecule has 2 fully saturated rings. The normalized spacial score (nSPS) is 24.0. The second-order valence-corrected chi connectivity index (χ2v) is 6.60. The van der Waals surface area contributed by atoms with Crippen LogP contribution in [0.4, 0.5) is 5.82 Å². The molecular weight excluding hydrogens is 262 g/mol. The largest absolute Gasteiger partial charge is 0.378 e. The third kappa shape index (κ3) is 3.55. The first-order chi connectivity index (χ1) is 10.2. The molecule has 1 aromatic heterocycles. The molecule has 0 spiro atoms. The fraction of sp³-hybridized carbons (Fsp3) is 0.706. The van der Waals surface area contributed by atoms with Gasteiger partial charge >= 0.3 is 0 Å². The first-order valence-corrected chi connectivity index (χ1v) is 8.27. The molecule has 0 aliphatic carbocycles. The number of ether oxygens (including phenoxy) is 1. The second-order valence-electron chi connectivity index (χ2n) is 6.60. The van der Waals surface area contributed by atoms with E-state index in [0.29, 0.717) is 6.04 Å². The Kier molecular flexibility index (Phi) is 4.76. The molecule has 0 bridgehead atoms. The van der Waals surface area contributed by atoms with Crippen LogP contribution in [0.5, 0.6) is 0 Å². The fourth-order valence-electron chi connectivity index (χ4n) is 3.47. The van der Waals surface area contributed by atoms with Crippen LogP contribution in [0.15, 0.2) is 18.3 Å². The summed E-state index contributed by atoms with van der Waals surface area (Å²) in [7, 11) is 0. The van der Waals surface area contributed by atoms with Crippen molar-refractivity contribution in [2.75, 3.05) is 44.3 Å². The monoisotopic (exact) mass is 289 g/mol. The molecule has 0 radical (unpaired) electrons. The lowest BCUT2D eigenvalue weighted by molar-refractivity contribution is 0.122. The Labute approximate surface area is 128 Å². The molecule has 0 N–H and O–H groups in total. The highest BCUT2D eigenvalue weighted by molar-refractivity contribution is 5.40. The third-order valence-corrected chi connectivity index (χ3v) is 4.45. The lowest BCUT2D eigenvalue weighted by atomic mass is 10.1. The first kappa shape index (κ1) is 14.8. The molecular formula is C17H27N3O. The van der Waals surface area contributed by atoms with E-state index in [1.54, 1.807) is 0 Å². The van der Waals surface area contributed by atoms with Crippen molar-refractivity contribution >= 4 is 5.82 Å². The number of anilines is 1. The second kappa shape index (κ2) is 6.75. The summed E-state index contributed by atoms with van der Waals surface area (Å²) in [5.74, 6) is 1.82. The summed E-state index contributed by atoms with van der Waals surface area (Å²) in [4.78, 5) is 9.64. The lowest BCUT2D eigenvalue weighted by Gasteiger charge is -2.29. The summed E-state index contributed by atoms with van der Waals surface area (Å²) in [5, 5.41) is 0. The summed E-state index contributed by atoms with van der Waals surface area (Å²) < 4.78 is 5.40. The average Bonchev–Trinajstić information content (AvgIpc) is 2.96. The van der Waals surface area contributed by atoms with Gasteiger partial charge in [0, 0.05) is 31.9 Å². The number of morpholine rings is 1. The van der Waals surface area contributed by atoms with E-state index in [4.69, 9.17) is 9.72 Å². The minimum atomic E-state index is 0.568. The summed E-state index contributed by atoms with van der Waals surface area (Å²) in [6.07, 6.45) is 4.67. The van der Waals surface area contributed by atoms with Gasteiger partial charge in [-0.3, -0.25) is 4.90 Å². The van der Waals surface area contributed by atoms with Gasteiger partial charge in [0.2, 0.25) is 0 Å². The van der Waals surface area contributed by atoms with Crippen LogP contribution in [0.1, 0.15) is 38.3 Å². The molecule has 3 heterocycles. The standard InChI is InChI=1S/C17H27N3O/c1-14(2)13-20-7-3-4-16(20)15-5-6-17(18-12-15)19-8-10-21-11-9-19/h5-6,12,14,16H,3-4,7-11,13H2,1-2H3/t16-/m1/s1. The number of pyridine rings is 1. The molecule has 0 amide bonds. The van der Waals surface area contributed by atoms with Gasteiger partial charge < -0.3 is 9.64 Å². The fourth-order valence-corrected chi connectivity index (χ4v) is 3.47. The predicted molar refractivity (Wildman–Crippen MR) is 85.7 cm³/mol. The summed E-state index contributed by atoms with van der Waals surface area (Å²) in [5.41, 5.74) is 1.38. The van der Waals surface area contributed by atoms with Crippen LogP contribution in [0, 0.1) is 5.92 Å². The maximum absolute atomic E-state index is 5.40.